The van der Waals surface area contributed by atoms with Gasteiger partial charge >= 0.3 is 0 Å². The number of hydrogen-bond donors (Lipinski definition) is 1. The molecular weight excluding hydrogens is 253 g/mol. The van der Waals surface area contributed by atoms with Gasteiger partial charge in [0.05, 0.1) is 19.3 Å². The van der Waals surface area contributed by atoms with Crippen molar-refractivity contribution >= 4 is 11.8 Å². The van der Waals surface area contributed by atoms with Crippen molar-refractivity contribution in [3.63, 3.8) is 0 Å². The molecular formula is C13H18FNO2S. The number of aliphatic hydroxyl groups is 1. The van der Waals surface area contributed by atoms with Crippen LogP contribution in [0.2, 0.25) is 0 Å². The molecule has 0 aliphatic carbocycles. The van der Waals surface area contributed by atoms with Crippen LogP contribution in [0.3, 0.4) is 0 Å². The minimum Gasteiger partial charge on any atom is -0.394 e. The van der Waals surface area contributed by atoms with Crippen LogP contribution in [0.25, 0.3) is 0 Å². The highest BCUT2D eigenvalue weighted by Crippen LogP contribution is 2.21. The maximum atomic E-state index is 13.4. The second-order valence-electron chi connectivity index (χ2n) is 4.25. The van der Waals surface area contributed by atoms with Crippen LogP contribution in [0.4, 0.5) is 4.39 Å². The van der Waals surface area contributed by atoms with Crippen LogP contribution in [-0.2, 0) is 4.74 Å². The van der Waals surface area contributed by atoms with E-state index in [1.165, 1.54) is 17.8 Å². The van der Waals surface area contributed by atoms with Gasteiger partial charge in [-0.05, 0) is 12.1 Å². The topological polar surface area (TPSA) is 32.7 Å². The molecule has 100 valence electrons. The summed E-state index contributed by atoms with van der Waals surface area (Å²) < 4.78 is 18.8. The summed E-state index contributed by atoms with van der Waals surface area (Å²) in [5.74, 6) is 0.691. The summed E-state index contributed by atoms with van der Waals surface area (Å²) in [5, 5.41) is 9.04. The molecule has 1 aliphatic rings. The molecule has 1 N–H and O–H groups in total. The minimum absolute atomic E-state index is 0.0664. The molecule has 1 aromatic rings. The van der Waals surface area contributed by atoms with Crippen LogP contribution in [0, 0.1) is 5.82 Å². The van der Waals surface area contributed by atoms with E-state index in [2.05, 4.69) is 4.90 Å². The molecule has 1 fully saturated rings. The van der Waals surface area contributed by atoms with Crippen LogP contribution < -0.4 is 0 Å². The fourth-order valence-electron chi connectivity index (χ4n) is 1.94. The van der Waals surface area contributed by atoms with Crippen molar-refractivity contribution in [3.05, 3.63) is 30.1 Å². The largest absolute Gasteiger partial charge is 0.394 e. The van der Waals surface area contributed by atoms with Gasteiger partial charge in [0, 0.05) is 30.3 Å². The smallest absolute Gasteiger partial charge is 0.136 e. The molecule has 0 bridgehead atoms. The minimum atomic E-state index is -0.155. The third-order valence-corrected chi connectivity index (χ3v) is 3.96. The van der Waals surface area contributed by atoms with Gasteiger partial charge < -0.3 is 9.84 Å². The van der Waals surface area contributed by atoms with E-state index in [1.54, 1.807) is 12.1 Å². The van der Waals surface area contributed by atoms with E-state index >= 15 is 0 Å². The molecule has 3 nitrogen and oxygen atoms in total. The maximum Gasteiger partial charge on any atom is 0.136 e. The number of benzene rings is 1. The first-order valence-electron chi connectivity index (χ1n) is 6.11. The number of thioether (sulfide) groups is 1. The Labute approximate surface area is 111 Å². The Hall–Kier alpha value is -0.620. The van der Waals surface area contributed by atoms with E-state index in [0.717, 1.165) is 25.4 Å². The second kappa shape index (κ2) is 7.09. The molecule has 1 aromatic carbocycles. The normalized spacial score (nSPS) is 21.1. The lowest BCUT2D eigenvalue weighted by atomic mass is 10.3. The van der Waals surface area contributed by atoms with E-state index in [-0.39, 0.29) is 18.5 Å². The summed E-state index contributed by atoms with van der Waals surface area (Å²) in [5.41, 5.74) is 0. The summed E-state index contributed by atoms with van der Waals surface area (Å²) >= 11 is 1.53. The number of aliphatic hydroxyl groups excluding tert-OH is 1. The monoisotopic (exact) mass is 271 g/mol. The van der Waals surface area contributed by atoms with Crippen molar-refractivity contribution in [3.8, 4) is 0 Å². The molecule has 0 radical (unpaired) electrons. The molecule has 1 unspecified atom stereocenters. The van der Waals surface area contributed by atoms with Gasteiger partial charge in [-0.3, -0.25) is 4.90 Å². The molecule has 1 heterocycles. The summed E-state index contributed by atoms with van der Waals surface area (Å²) in [6.45, 7) is 3.26. The van der Waals surface area contributed by atoms with Gasteiger partial charge in [-0.25, -0.2) is 4.39 Å². The zero-order valence-corrected chi connectivity index (χ0v) is 11.0. The molecule has 1 saturated heterocycles. The molecule has 18 heavy (non-hydrogen) atoms. The zero-order chi connectivity index (χ0) is 12.8. The van der Waals surface area contributed by atoms with E-state index in [9.17, 15) is 4.39 Å². The average molecular weight is 271 g/mol. The van der Waals surface area contributed by atoms with Gasteiger partial charge in [0.2, 0.25) is 0 Å². The number of hydrogen-bond acceptors (Lipinski definition) is 4. The first-order valence-corrected chi connectivity index (χ1v) is 7.10. The highest BCUT2D eigenvalue weighted by atomic mass is 32.2. The Kier molecular flexibility index (Phi) is 5.44. The van der Waals surface area contributed by atoms with Crippen LogP contribution in [0.5, 0.6) is 0 Å². The molecule has 1 aliphatic heterocycles. The van der Waals surface area contributed by atoms with E-state index in [0.29, 0.717) is 11.5 Å². The van der Waals surface area contributed by atoms with Crippen molar-refractivity contribution in [1.82, 2.24) is 4.90 Å². The van der Waals surface area contributed by atoms with Crippen molar-refractivity contribution < 1.29 is 14.2 Å². The number of ether oxygens (including phenoxy) is 1. The van der Waals surface area contributed by atoms with Crippen molar-refractivity contribution in [2.45, 2.75) is 11.0 Å². The van der Waals surface area contributed by atoms with Gasteiger partial charge in [-0.15, -0.1) is 11.8 Å². The van der Waals surface area contributed by atoms with Crippen molar-refractivity contribution in [1.29, 1.82) is 0 Å². The Balaban J connectivity index is 1.73. The number of halogens is 1. The fourth-order valence-corrected chi connectivity index (χ4v) is 2.89. The van der Waals surface area contributed by atoms with E-state index in [4.69, 9.17) is 9.84 Å². The third-order valence-electron chi connectivity index (χ3n) is 2.93. The molecule has 0 spiro atoms. The number of rotatable bonds is 5. The zero-order valence-electron chi connectivity index (χ0n) is 10.2. The Bertz CT molecular complexity index is 378. The van der Waals surface area contributed by atoms with Crippen LogP contribution in [-0.4, -0.2) is 54.7 Å². The number of morpholine rings is 1. The van der Waals surface area contributed by atoms with Gasteiger partial charge in [-0.2, -0.15) is 0 Å². The standard InChI is InChI=1S/C13H18FNO2S/c14-12-3-1-2-4-13(12)18-8-6-15-5-7-17-11(9-15)10-16/h1-4,11,16H,5-10H2. The highest BCUT2D eigenvalue weighted by Gasteiger charge is 2.19. The van der Waals surface area contributed by atoms with Crippen molar-refractivity contribution in [2.24, 2.45) is 0 Å². The summed E-state index contributed by atoms with van der Waals surface area (Å²) in [6, 6.07) is 6.84. The highest BCUT2D eigenvalue weighted by molar-refractivity contribution is 7.99. The predicted octanol–water partition coefficient (Wildman–Crippen LogP) is 1.61. The lowest BCUT2D eigenvalue weighted by Gasteiger charge is -2.31. The summed E-state index contributed by atoms with van der Waals surface area (Å²) in [4.78, 5) is 2.95. The van der Waals surface area contributed by atoms with Gasteiger partial charge in [0.1, 0.15) is 5.82 Å². The molecule has 0 saturated carbocycles. The SMILES string of the molecule is OCC1CN(CCSc2ccccc2F)CCO1. The predicted molar refractivity (Wildman–Crippen MR) is 70.4 cm³/mol. The quantitative estimate of drug-likeness (QED) is 0.825. The average Bonchev–Trinajstić information content (AvgIpc) is 2.41. The molecule has 0 aromatic heterocycles. The lowest BCUT2D eigenvalue weighted by Crippen LogP contribution is -2.44. The maximum absolute atomic E-state index is 13.4. The molecule has 0 amide bonds. The van der Waals surface area contributed by atoms with Gasteiger partial charge in [0.15, 0.2) is 0 Å². The Morgan fingerprint density at radius 1 is 1.44 bits per heavy atom. The van der Waals surface area contributed by atoms with Crippen LogP contribution in [0.1, 0.15) is 0 Å². The Morgan fingerprint density at radius 3 is 3.06 bits per heavy atom. The van der Waals surface area contributed by atoms with Gasteiger partial charge in [-0.1, -0.05) is 12.1 Å². The summed E-state index contributed by atoms with van der Waals surface area (Å²) in [7, 11) is 0. The van der Waals surface area contributed by atoms with Gasteiger partial charge in [0.25, 0.3) is 0 Å². The lowest BCUT2D eigenvalue weighted by molar-refractivity contribution is -0.0509. The molecule has 1 atom stereocenters. The van der Waals surface area contributed by atoms with Crippen LogP contribution >= 0.6 is 11.8 Å². The van der Waals surface area contributed by atoms with Crippen molar-refractivity contribution in [2.75, 3.05) is 38.6 Å². The van der Waals surface area contributed by atoms with E-state index in [1.807, 2.05) is 6.07 Å². The molecule has 2 rings (SSSR count). The number of nitrogens with zero attached hydrogens (tertiary/aromatic N) is 1. The fraction of sp³-hybridized carbons (Fsp3) is 0.538. The Morgan fingerprint density at radius 2 is 2.28 bits per heavy atom. The second-order valence-corrected chi connectivity index (χ2v) is 5.39. The first kappa shape index (κ1) is 13.8. The van der Waals surface area contributed by atoms with E-state index < -0.39 is 0 Å². The van der Waals surface area contributed by atoms with Crippen LogP contribution in [0.15, 0.2) is 29.2 Å². The first-order chi connectivity index (χ1) is 8.79. The summed E-state index contributed by atoms with van der Waals surface area (Å²) in [6.07, 6.45) is -0.0720. The third kappa shape index (κ3) is 3.95. The molecule has 5 heteroatoms.